The van der Waals surface area contributed by atoms with Gasteiger partial charge in [-0.15, -0.1) is 22.7 Å². The van der Waals surface area contributed by atoms with E-state index < -0.39 is 0 Å². The van der Waals surface area contributed by atoms with Gasteiger partial charge in [-0.2, -0.15) is 0 Å². The van der Waals surface area contributed by atoms with Crippen LogP contribution in [0, 0.1) is 0 Å². The van der Waals surface area contributed by atoms with E-state index in [9.17, 15) is 9.59 Å². The molecular weight excluding hydrogens is 378 g/mol. The Balaban J connectivity index is 1.74. The van der Waals surface area contributed by atoms with Crippen LogP contribution in [0.25, 0.3) is 0 Å². The lowest BCUT2D eigenvalue weighted by atomic mass is 9.98. The van der Waals surface area contributed by atoms with Gasteiger partial charge in [0, 0.05) is 22.3 Å². The predicted molar refractivity (Wildman–Crippen MR) is 111 cm³/mol. The van der Waals surface area contributed by atoms with E-state index in [2.05, 4.69) is 28.2 Å². The van der Waals surface area contributed by atoms with Crippen LogP contribution in [0.15, 0.2) is 29.0 Å². The van der Waals surface area contributed by atoms with Crippen molar-refractivity contribution in [2.75, 3.05) is 26.2 Å². The summed E-state index contributed by atoms with van der Waals surface area (Å²) >= 11 is 3.47. The lowest BCUT2D eigenvalue weighted by Crippen LogP contribution is -2.47. The fourth-order valence-corrected chi connectivity index (χ4v) is 5.23. The molecule has 0 bridgehead atoms. The number of thiophene rings is 2. The molecule has 0 saturated carbocycles. The minimum absolute atomic E-state index is 0.00398. The van der Waals surface area contributed by atoms with Crippen LogP contribution in [0.4, 0.5) is 0 Å². The Morgan fingerprint density at radius 2 is 2.07 bits per heavy atom. The maximum absolute atomic E-state index is 13.2. The van der Waals surface area contributed by atoms with Crippen LogP contribution >= 0.6 is 22.7 Å². The standard InChI is InChI=1S/C20H27N3O2S2/c1-4-22(12-18(24)21-14(2)3)13-19(25)23-9-7-16-15(8-11-27-16)20(23)17-6-5-10-26-17/h5-6,8,10-11,14,20H,4,7,9,12-13H2,1-3H3,(H,21,24)/t20-/m1/s1. The smallest absolute Gasteiger partial charge is 0.237 e. The highest BCUT2D eigenvalue weighted by Gasteiger charge is 2.33. The minimum Gasteiger partial charge on any atom is -0.353 e. The number of nitrogens with one attached hydrogen (secondary N) is 1. The molecule has 2 aromatic rings. The molecule has 3 heterocycles. The second-order valence-electron chi connectivity index (χ2n) is 7.08. The van der Waals surface area contributed by atoms with E-state index in [-0.39, 0.29) is 37.0 Å². The molecule has 0 saturated heterocycles. The van der Waals surface area contributed by atoms with Crippen LogP contribution in [0.1, 0.15) is 42.1 Å². The van der Waals surface area contributed by atoms with Crippen molar-refractivity contribution in [3.8, 4) is 0 Å². The van der Waals surface area contributed by atoms with E-state index in [4.69, 9.17) is 0 Å². The number of fused-ring (bicyclic) bond motifs is 1. The Labute approximate surface area is 169 Å². The summed E-state index contributed by atoms with van der Waals surface area (Å²) in [4.78, 5) is 31.7. The van der Waals surface area contributed by atoms with E-state index in [0.717, 1.165) is 13.0 Å². The minimum atomic E-state index is -0.0341. The van der Waals surface area contributed by atoms with E-state index >= 15 is 0 Å². The molecule has 1 aliphatic rings. The Hall–Kier alpha value is -1.70. The van der Waals surface area contributed by atoms with Gasteiger partial charge in [-0.3, -0.25) is 14.5 Å². The third-order valence-electron chi connectivity index (χ3n) is 4.72. The maximum atomic E-state index is 13.2. The van der Waals surface area contributed by atoms with Crippen molar-refractivity contribution in [3.63, 3.8) is 0 Å². The van der Waals surface area contributed by atoms with Crippen molar-refractivity contribution in [2.45, 2.75) is 39.3 Å². The van der Waals surface area contributed by atoms with Crippen LogP contribution in [-0.4, -0.2) is 53.8 Å². The normalized spacial score (nSPS) is 16.6. The first-order chi connectivity index (χ1) is 13.0. The molecule has 0 radical (unpaired) electrons. The van der Waals surface area contributed by atoms with Gasteiger partial charge >= 0.3 is 0 Å². The lowest BCUT2D eigenvalue weighted by molar-refractivity contribution is -0.135. The van der Waals surface area contributed by atoms with Crippen LogP contribution in [-0.2, 0) is 16.0 Å². The average molecular weight is 406 g/mol. The Kier molecular flexibility index (Phi) is 6.68. The number of hydrogen-bond acceptors (Lipinski definition) is 5. The summed E-state index contributed by atoms with van der Waals surface area (Å²) in [6, 6.07) is 6.40. The number of rotatable bonds is 7. The molecule has 1 atom stereocenters. The van der Waals surface area contributed by atoms with E-state index in [1.807, 2.05) is 36.6 Å². The zero-order valence-electron chi connectivity index (χ0n) is 16.1. The summed E-state index contributed by atoms with van der Waals surface area (Å²) in [6.07, 6.45) is 0.903. The zero-order valence-corrected chi connectivity index (χ0v) is 17.7. The van der Waals surface area contributed by atoms with Gasteiger partial charge in [0.2, 0.25) is 11.8 Å². The lowest BCUT2D eigenvalue weighted by Gasteiger charge is -2.36. The summed E-state index contributed by atoms with van der Waals surface area (Å²) < 4.78 is 0. The van der Waals surface area contributed by atoms with Crippen molar-refractivity contribution in [2.24, 2.45) is 0 Å². The van der Waals surface area contributed by atoms with Crippen LogP contribution in [0.3, 0.4) is 0 Å². The quantitative estimate of drug-likeness (QED) is 0.770. The number of likely N-dealkylation sites (N-methyl/N-ethyl adjacent to an activating group) is 1. The molecule has 27 heavy (non-hydrogen) atoms. The van der Waals surface area contributed by atoms with Crippen LogP contribution in [0.5, 0.6) is 0 Å². The summed E-state index contributed by atoms with van der Waals surface area (Å²) in [7, 11) is 0. The Bertz CT molecular complexity index is 770. The molecule has 146 valence electrons. The second kappa shape index (κ2) is 8.99. The first kappa shape index (κ1) is 20.0. The first-order valence-corrected chi connectivity index (χ1v) is 11.2. The largest absolute Gasteiger partial charge is 0.353 e. The summed E-state index contributed by atoms with van der Waals surface area (Å²) in [5, 5.41) is 7.08. The molecule has 0 aliphatic carbocycles. The van der Waals surface area contributed by atoms with Crippen molar-refractivity contribution < 1.29 is 9.59 Å². The summed E-state index contributed by atoms with van der Waals surface area (Å²) in [5.41, 5.74) is 1.25. The third kappa shape index (κ3) is 4.78. The van der Waals surface area contributed by atoms with Crippen molar-refractivity contribution >= 4 is 34.5 Å². The number of carbonyl (C=O) groups excluding carboxylic acids is 2. The first-order valence-electron chi connectivity index (χ1n) is 9.40. The molecule has 1 aliphatic heterocycles. The highest BCUT2D eigenvalue weighted by atomic mass is 32.1. The molecule has 5 nitrogen and oxygen atoms in total. The van der Waals surface area contributed by atoms with Crippen molar-refractivity contribution in [1.82, 2.24) is 15.1 Å². The van der Waals surface area contributed by atoms with Gasteiger partial charge in [-0.05, 0) is 55.3 Å². The molecule has 2 aromatic heterocycles. The van der Waals surface area contributed by atoms with Gasteiger partial charge in [0.25, 0.3) is 0 Å². The van der Waals surface area contributed by atoms with Crippen molar-refractivity contribution in [1.29, 1.82) is 0 Å². The fourth-order valence-electron chi connectivity index (χ4n) is 3.47. The zero-order chi connectivity index (χ0) is 19.4. The summed E-state index contributed by atoms with van der Waals surface area (Å²) in [6.45, 7) is 7.78. The van der Waals surface area contributed by atoms with Gasteiger partial charge in [0.15, 0.2) is 0 Å². The van der Waals surface area contributed by atoms with E-state index in [1.54, 1.807) is 22.7 Å². The second-order valence-corrected chi connectivity index (χ2v) is 9.06. The number of carbonyl (C=O) groups is 2. The van der Waals surface area contributed by atoms with Gasteiger partial charge < -0.3 is 10.2 Å². The van der Waals surface area contributed by atoms with Gasteiger partial charge in [0.1, 0.15) is 0 Å². The van der Waals surface area contributed by atoms with Crippen LogP contribution in [0.2, 0.25) is 0 Å². The van der Waals surface area contributed by atoms with Gasteiger partial charge in [0.05, 0.1) is 19.1 Å². The maximum Gasteiger partial charge on any atom is 0.237 e. The molecule has 2 amide bonds. The molecule has 3 rings (SSSR count). The van der Waals surface area contributed by atoms with Gasteiger partial charge in [-0.1, -0.05) is 13.0 Å². The summed E-state index contributed by atoms with van der Waals surface area (Å²) in [5.74, 6) is 0.0534. The molecule has 0 fully saturated rings. The van der Waals surface area contributed by atoms with Crippen LogP contribution < -0.4 is 5.32 Å². The number of hydrogen-bond donors (Lipinski definition) is 1. The van der Waals surface area contributed by atoms with E-state index in [0.29, 0.717) is 6.54 Å². The number of amides is 2. The Morgan fingerprint density at radius 1 is 1.26 bits per heavy atom. The van der Waals surface area contributed by atoms with E-state index in [1.165, 1.54) is 15.3 Å². The monoisotopic (exact) mass is 405 g/mol. The third-order valence-corrected chi connectivity index (χ3v) is 6.64. The highest BCUT2D eigenvalue weighted by Crippen LogP contribution is 2.39. The van der Waals surface area contributed by atoms with Gasteiger partial charge in [-0.25, -0.2) is 0 Å². The highest BCUT2D eigenvalue weighted by molar-refractivity contribution is 7.10. The SMILES string of the molecule is CCN(CC(=O)NC(C)C)CC(=O)N1CCc2sccc2[C@@H]1c1cccs1. The topological polar surface area (TPSA) is 52.7 Å². The molecule has 1 N–H and O–H groups in total. The molecule has 0 unspecified atom stereocenters. The molecule has 0 spiro atoms. The average Bonchev–Trinajstić information content (AvgIpc) is 3.30. The fraction of sp³-hybridized carbons (Fsp3) is 0.500. The van der Waals surface area contributed by atoms with Crippen molar-refractivity contribution in [3.05, 3.63) is 44.3 Å². The Morgan fingerprint density at radius 3 is 2.74 bits per heavy atom. The predicted octanol–water partition coefficient (Wildman–Crippen LogP) is 3.13. The molecular formula is C20H27N3O2S2. The number of nitrogens with zero attached hydrogens (tertiary/aromatic N) is 2. The molecule has 0 aromatic carbocycles. The molecule has 7 heteroatoms.